The Hall–Kier alpha value is -1.14. The molecule has 1 aromatic heterocycles. The lowest BCUT2D eigenvalue weighted by atomic mass is 9.95. The van der Waals surface area contributed by atoms with E-state index in [9.17, 15) is 5.11 Å². The van der Waals surface area contributed by atoms with E-state index in [2.05, 4.69) is 20.3 Å². The maximum atomic E-state index is 10.6. The highest BCUT2D eigenvalue weighted by atomic mass is 35.5. The molecule has 0 bridgehead atoms. The molecule has 1 heterocycles. The molecule has 0 spiro atoms. The van der Waals surface area contributed by atoms with Crippen LogP contribution in [0.1, 0.15) is 51.9 Å². The normalized spacial score (nSPS) is 18.0. The van der Waals surface area contributed by atoms with Crippen LogP contribution in [0.5, 0.6) is 6.01 Å². The van der Waals surface area contributed by atoms with Crippen LogP contribution < -0.4 is 10.1 Å². The molecule has 0 saturated heterocycles. The lowest BCUT2D eigenvalue weighted by molar-refractivity contribution is 0.0379. The van der Waals surface area contributed by atoms with E-state index in [0.29, 0.717) is 19.1 Å². The summed E-state index contributed by atoms with van der Waals surface area (Å²) in [5, 5.41) is 13.7. The summed E-state index contributed by atoms with van der Waals surface area (Å²) in [7, 11) is 0. The number of hydrogen-bond donors (Lipinski definition) is 2. The highest BCUT2D eigenvalue weighted by molar-refractivity contribution is 6.28. The molecule has 1 saturated carbocycles. The number of aliphatic hydroxyl groups is 1. The molecule has 0 amide bonds. The van der Waals surface area contributed by atoms with Crippen LogP contribution in [0.15, 0.2) is 0 Å². The Morgan fingerprint density at radius 2 is 1.90 bits per heavy atom. The molecular weight excluding hydrogens is 292 g/mol. The summed E-state index contributed by atoms with van der Waals surface area (Å²) in [4.78, 5) is 12.1. The van der Waals surface area contributed by atoms with Crippen LogP contribution in [0.2, 0.25) is 5.28 Å². The van der Waals surface area contributed by atoms with Crippen molar-refractivity contribution in [2.24, 2.45) is 0 Å². The first kappa shape index (κ1) is 16.2. The van der Waals surface area contributed by atoms with E-state index in [1.54, 1.807) is 0 Å². The van der Waals surface area contributed by atoms with Crippen molar-refractivity contribution < 1.29 is 9.84 Å². The van der Waals surface area contributed by atoms with Gasteiger partial charge in [-0.1, -0.05) is 32.6 Å². The lowest BCUT2D eigenvalue weighted by Gasteiger charge is -2.26. The zero-order valence-electron chi connectivity index (χ0n) is 12.4. The Bertz CT molecular complexity index is 451. The lowest BCUT2D eigenvalue weighted by Crippen LogP contribution is -2.36. The second-order valence-electron chi connectivity index (χ2n) is 5.55. The number of hydrogen-bond acceptors (Lipinski definition) is 6. The van der Waals surface area contributed by atoms with Crippen LogP contribution in [-0.4, -0.2) is 38.8 Å². The second kappa shape index (κ2) is 7.75. The molecule has 0 unspecified atom stereocenters. The van der Waals surface area contributed by atoms with Gasteiger partial charge in [0.1, 0.15) is 0 Å². The first-order valence-electron chi connectivity index (χ1n) is 7.62. The smallest absolute Gasteiger partial charge is 0.322 e. The third-order valence-electron chi connectivity index (χ3n) is 3.63. The van der Waals surface area contributed by atoms with Gasteiger partial charge in [-0.2, -0.15) is 15.0 Å². The van der Waals surface area contributed by atoms with Crippen molar-refractivity contribution in [3.8, 4) is 6.01 Å². The quantitative estimate of drug-likeness (QED) is 0.786. The fourth-order valence-electron chi connectivity index (χ4n) is 2.48. The van der Waals surface area contributed by atoms with Crippen LogP contribution in [0.3, 0.4) is 0 Å². The van der Waals surface area contributed by atoms with Crippen molar-refractivity contribution in [3.63, 3.8) is 0 Å². The van der Waals surface area contributed by atoms with E-state index >= 15 is 0 Å². The molecule has 0 aliphatic heterocycles. The van der Waals surface area contributed by atoms with Gasteiger partial charge in [-0.05, 0) is 30.9 Å². The van der Waals surface area contributed by atoms with Crippen LogP contribution in [-0.2, 0) is 0 Å². The molecule has 0 atom stereocenters. The average Bonchev–Trinajstić information content (AvgIpc) is 2.68. The van der Waals surface area contributed by atoms with Crippen LogP contribution in [0, 0.1) is 0 Å². The summed E-state index contributed by atoms with van der Waals surface area (Å²) in [5.41, 5.74) is -0.694. The van der Waals surface area contributed by atoms with Gasteiger partial charge in [0.25, 0.3) is 0 Å². The van der Waals surface area contributed by atoms with E-state index in [4.69, 9.17) is 16.3 Å². The fraction of sp³-hybridized carbons (Fsp3) is 0.786. The molecule has 118 valence electrons. The molecule has 0 aromatic carbocycles. The Morgan fingerprint density at radius 3 is 2.57 bits per heavy atom. The Kier molecular flexibility index (Phi) is 5.99. The van der Waals surface area contributed by atoms with E-state index in [0.717, 1.165) is 32.1 Å². The molecule has 21 heavy (non-hydrogen) atoms. The SMILES string of the molecule is CCCOc1nc(Cl)nc(NCC2(O)CCCCCC2)n1. The molecular formula is C14H23ClN4O2. The maximum Gasteiger partial charge on any atom is 0.322 e. The predicted octanol–water partition coefficient (Wildman–Crippen LogP) is 2.81. The summed E-state index contributed by atoms with van der Waals surface area (Å²) < 4.78 is 5.36. The first-order valence-corrected chi connectivity index (χ1v) is 8.00. The van der Waals surface area contributed by atoms with Gasteiger partial charge in [-0.3, -0.25) is 0 Å². The number of aromatic nitrogens is 3. The molecule has 1 aliphatic carbocycles. The van der Waals surface area contributed by atoms with Crippen molar-refractivity contribution in [2.75, 3.05) is 18.5 Å². The van der Waals surface area contributed by atoms with Crippen molar-refractivity contribution in [3.05, 3.63) is 5.28 Å². The molecule has 2 rings (SSSR count). The fourth-order valence-corrected chi connectivity index (χ4v) is 2.63. The van der Waals surface area contributed by atoms with Gasteiger partial charge in [0, 0.05) is 6.54 Å². The van der Waals surface area contributed by atoms with Crippen LogP contribution >= 0.6 is 11.6 Å². The standard InChI is InChI=1S/C14H23ClN4O2/c1-2-9-21-13-18-11(15)17-12(19-13)16-10-14(20)7-5-3-4-6-8-14/h20H,2-10H2,1H3,(H,16,17,18,19). The number of rotatable bonds is 6. The zero-order chi connectivity index (χ0) is 15.1. The number of nitrogens with one attached hydrogen (secondary N) is 1. The van der Waals surface area contributed by atoms with Gasteiger partial charge in [0.2, 0.25) is 11.2 Å². The first-order chi connectivity index (χ1) is 10.1. The monoisotopic (exact) mass is 314 g/mol. The summed E-state index contributed by atoms with van der Waals surface area (Å²) in [6.45, 7) is 2.95. The Balaban J connectivity index is 1.96. The van der Waals surface area contributed by atoms with E-state index < -0.39 is 5.60 Å². The van der Waals surface area contributed by atoms with Crippen LogP contribution in [0.4, 0.5) is 5.95 Å². The highest BCUT2D eigenvalue weighted by Gasteiger charge is 2.28. The third-order valence-corrected chi connectivity index (χ3v) is 3.80. The Morgan fingerprint density at radius 1 is 1.19 bits per heavy atom. The van der Waals surface area contributed by atoms with Crippen molar-refractivity contribution >= 4 is 17.5 Å². The van der Waals surface area contributed by atoms with Crippen molar-refractivity contribution in [1.82, 2.24) is 15.0 Å². The summed E-state index contributed by atoms with van der Waals surface area (Å²) >= 11 is 5.87. The molecule has 1 aromatic rings. The minimum absolute atomic E-state index is 0.0893. The molecule has 1 fully saturated rings. The van der Waals surface area contributed by atoms with E-state index in [-0.39, 0.29) is 11.3 Å². The molecule has 2 N–H and O–H groups in total. The van der Waals surface area contributed by atoms with Crippen LogP contribution in [0.25, 0.3) is 0 Å². The highest BCUT2D eigenvalue weighted by Crippen LogP contribution is 2.27. The predicted molar refractivity (Wildman–Crippen MR) is 81.8 cm³/mol. The van der Waals surface area contributed by atoms with E-state index in [1.165, 1.54) is 12.8 Å². The summed E-state index contributed by atoms with van der Waals surface area (Å²) in [6, 6.07) is 0.215. The van der Waals surface area contributed by atoms with Gasteiger partial charge in [0.15, 0.2) is 0 Å². The number of nitrogens with zero attached hydrogens (tertiary/aromatic N) is 3. The zero-order valence-corrected chi connectivity index (χ0v) is 13.2. The minimum atomic E-state index is -0.694. The van der Waals surface area contributed by atoms with Crippen molar-refractivity contribution in [2.45, 2.75) is 57.5 Å². The number of ether oxygens (including phenoxy) is 1. The minimum Gasteiger partial charge on any atom is -0.463 e. The van der Waals surface area contributed by atoms with E-state index in [1.807, 2.05) is 6.92 Å². The van der Waals surface area contributed by atoms with Gasteiger partial charge < -0.3 is 15.2 Å². The summed E-state index contributed by atoms with van der Waals surface area (Å²) in [5.74, 6) is 0.346. The Labute approximate surface area is 130 Å². The van der Waals surface area contributed by atoms with Gasteiger partial charge in [-0.15, -0.1) is 0 Å². The molecule has 7 heteroatoms. The largest absolute Gasteiger partial charge is 0.463 e. The molecule has 6 nitrogen and oxygen atoms in total. The number of anilines is 1. The number of halogens is 1. The molecule has 0 radical (unpaired) electrons. The average molecular weight is 315 g/mol. The van der Waals surface area contributed by atoms with Gasteiger partial charge in [-0.25, -0.2) is 0 Å². The van der Waals surface area contributed by atoms with Gasteiger partial charge >= 0.3 is 6.01 Å². The van der Waals surface area contributed by atoms with Gasteiger partial charge in [0.05, 0.1) is 12.2 Å². The molecule has 1 aliphatic rings. The second-order valence-corrected chi connectivity index (χ2v) is 5.89. The summed E-state index contributed by atoms with van der Waals surface area (Å²) in [6.07, 6.45) is 6.97. The third kappa shape index (κ3) is 5.28. The topological polar surface area (TPSA) is 80.2 Å². The van der Waals surface area contributed by atoms with Crippen molar-refractivity contribution in [1.29, 1.82) is 0 Å². The maximum absolute atomic E-state index is 10.6.